The molecule has 0 aliphatic heterocycles. The lowest BCUT2D eigenvalue weighted by atomic mass is 10.3. The molecule has 0 aromatic heterocycles. The van der Waals surface area contributed by atoms with Gasteiger partial charge in [0.05, 0.1) is 0 Å². The fourth-order valence-electron chi connectivity index (χ4n) is 0.553. The van der Waals surface area contributed by atoms with Crippen molar-refractivity contribution in [2.45, 2.75) is 23.4 Å². The second kappa shape index (κ2) is 4.05. The zero-order valence-electron chi connectivity index (χ0n) is 7.04. The van der Waals surface area contributed by atoms with Crippen LogP contribution in [0, 0.1) is 0 Å². The second-order valence-electron chi connectivity index (χ2n) is 2.72. The summed E-state index contributed by atoms with van der Waals surface area (Å²) in [5.74, 6) is -13.2. The summed E-state index contributed by atoms with van der Waals surface area (Å²) in [6.07, 6.45) is -6.91. The summed E-state index contributed by atoms with van der Waals surface area (Å²) in [5.41, 5.74) is -6.65. The number of hydrogen-bond donors (Lipinski definition) is 0. The quantitative estimate of drug-likeness (QED) is 0.399. The second-order valence-corrected chi connectivity index (χ2v) is 9.04. The van der Waals surface area contributed by atoms with Gasteiger partial charge in [0.2, 0.25) is 0 Å². The van der Waals surface area contributed by atoms with Crippen LogP contribution in [-0.4, -0.2) is 30.1 Å². The molecule has 0 N–H and O–H groups in total. The van der Waals surface area contributed by atoms with E-state index in [-0.39, 0.29) is 0 Å². The topological polar surface area (TPSA) is 0 Å². The standard InChI is InChI=1S/C4Cl2F10Si/c5-17(6,4(14,15)16)3(12,13)1(7,8)2(9,10)11. The fourth-order valence-corrected chi connectivity index (χ4v) is 2.16. The predicted octanol–water partition coefficient (Wildman–Crippen LogP) is 4.38. The first-order valence-electron chi connectivity index (χ1n) is 3.27. The first kappa shape index (κ1) is 17.1. The Morgan fingerprint density at radius 3 is 1.12 bits per heavy atom. The van der Waals surface area contributed by atoms with Crippen LogP contribution in [-0.2, 0) is 0 Å². The summed E-state index contributed by atoms with van der Waals surface area (Å²) in [7, 11) is 0. The van der Waals surface area contributed by atoms with Gasteiger partial charge in [-0.15, -0.1) is 22.2 Å². The van der Waals surface area contributed by atoms with Crippen LogP contribution in [0.3, 0.4) is 0 Å². The highest BCUT2D eigenvalue weighted by Crippen LogP contribution is 2.56. The van der Waals surface area contributed by atoms with E-state index in [0.717, 1.165) is 0 Å². The van der Waals surface area contributed by atoms with Crippen molar-refractivity contribution in [2.75, 3.05) is 0 Å². The molecule has 0 rings (SSSR count). The molecule has 13 heteroatoms. The van der Waals surface area contributed by atoms with Gasteiger partial charge < -0.3 is 0 Å². The molecule has 0 amide bonds. The van der Waals surface area contributed by atoms with Crippen molar-refractivity contribution in [1.82, 2.24) is 0 Å². The molecule has 0 saturated carbocycles. The maximum Gasteiger partial charge on any atom is 0.459 e. The van der Waals surface area contributed by atoms with Crippen molar-refractivity contribution in [2.24, 2.45) is 0 Å². The van der Waals surface area contributed by atoms with E-state index in [1.54, 1.807) is 0 Å². The van der Waals surface area contributed by atoms with Crippen molar-refractivity contribution in [3.8, 4) is 0 Å². The normalized spacial score (nSPS) is 16.2. The number of halogens is 12. The molecule has 0 fully saturated rings. The average molecular weight is 337 g/mol. The van der Waals surface area contributed by atoms with E-state index in [0.29, 0.717) is 0 Å². The summed E-state index contributed by atoms with van der Waals surface area (Å²) in [4.78, 5) is 0. The lowest BCUT2D eigenvalue weighted by Gasteiger charge is -2.34. The summed E-state index contributed by atoms with van der Waals surface area (Å²) in [6, 6.07) is 0. The van der Waals surface area contributed by atoms with E-state index in [1.807, 2.05) is 0 Å². The zero-order valence-corrected chi connectivity index (χ0v) is 9.55. The molecule has 0 saturated heterocycles. The minimum absolute atomic E-state index is 4.04. The van der Waals surface area contributed by atoms with Gasteiger partial charge in [-0.25, -0.2) is 8.78 Å². The van der Waals surface area contributed by atoms with Crippen LogP contribution in [0.1, 0.15) is 0 Å². The van der Waals surface area contributed by atoms with Crippen LogP contribution >= 0.6 is 22.2 Å². The molecule has 0 radical (unpaired) electrons. The van der Waals surface area contributed by atoms with Gasteiger partial charge in [-0.2, -0.15) is 35.1 Å². The Labute approximate surface area is 96.9 Å². The van der Waals surface area contributed by atoms with Crippen LogP contribution in [0.4, 0.5) is 43.9 Å². The SMILES string of the molecule is FC(F)(F)C(F)(F)C(F)(F)[Si](Cl)(Cl)C(F)(F)F. The van der Waals surface area contributed by atoms with Crippen LogP contribution in [0.15, 0.2) is 0 Å². The monoisotopic (exact) mass is 336 g/mol. The third kappa shape index (κ3) is 2.45. The first-order chi connectivity index (χ1) is 7.00. The molecule has 0 aliphatic rings. The van der Waals surface area contributed by atoms with E-state index < -0.39 is 30.1 Å². The number of alkyl halides is 10. The van der Waals surface area contributed by atoms with Crippen molar-refractivity contribution in [3.05, 3.63) is 0 Å². The Balaban J connectivity index is 5.73. The van der Waals surface area contributed by atoms with Gasteiger partial charge in [0.1, 0.15) is 0 Å². The van der Waals surface area contributed by atoms with Crippen LogP contribution in [0.25, 0.3) is 0 Å². The minimum Gasteiger partial charge on any atom is -0.201 e. The Morgan fingerprint density at radius 1 is 0.647 bits per heavy atom. The molecule has 0 aromatic carbocycles. The summed E-state index contributed by atoms with van der Waals surface area (Å²) in [6.45, 7) is -7.24. The van der Waals surface area contributed by atoms with Crippen LogP contribution in [0.2, 0.25) is 0 Å². The van der Waals surface area contributed by atoms with Crippen molar-refractivity contribution >= 4 is 28.9 Å². The van der Waals surface area contributed by atoms with Gasteiger partial charge in [0, 0.05) is 0 Å². The maximum atomic E-state index is 12.6. The minimum atomic E-state index is -7.24. The summed E-state index contributed by atoms with van der Waals surface area (Å²) in [5, 5.41) is 0. The van der Waals surface area contributed by atoms with Gasteiger partial charge in [0.15, 0.2) is 0 Å². The lowest BCUT2D eigenvalue weighted by Crippen LogP contribution is -2.68. The third-order valence-corrected chi connectivity index (χ3v) is 6.03. The smallest absolute Gasteiger partial charge is 0.201 e. The molecule has 0 nitrogen and oxygen atoms in total. The highest BCUT2D eigenvalue weighted by Gasteiger charge is 2.87. The molecular weight excluding hydrogens is 337 g/mol. The van der Waals surface area contributed by atoms with Crippen molar-refractivity contribution in [1.29, 1.82) is 0 Å². The Hall–Kier alpha value is 0.0969. The third-order valence-electron chi connectivity index (χ3n) is 1.50. The van der Waals surface area contributed by atoms with E-state index in [4.69, 9.17) is 0 Å². The predicted molar refractivity (Wildman–Crippen MR) is 39.5 cm³/mol. The van der Waals surface area contributed by atoms with E-state index >= 15 is 0 Å². The molecule has 0 aliphatic carbocycles. The largest absolute Gasteiger partial charge is 0.459 e. The molecule has 0 aromatic rings. The van der Waals surface area contributed by atoms with Gasteiger partial charge >= 0.3 is 30.1 Å². The van der Waals surface area contributed by atoms with Gasteiger partial charge in [0.25, 0.3) is 0 Å². The molecule has 0 bridgehead atoms. The van der Waals surface area contributed by atoms with E-state index in [2.05, 4.69) is 22.2 Å². The molecule has 17 heavy (non-hydrogen) atoms. The fraction of sp³-hybridized carbons (Fsp3) is 1.00. The maximum absolute atomic E-state index is 12.6. The summed E-state index contributed by atoms with van der Waals surface area (Å²) >= 11 is 8.09. The summed E-state index contributed by atoms with van der Waals surface area (Å²) < 4.78 is 120. The lowest BCUT2D eigenvalue weighted by molar-refractivity contribution is -0.336. The Kier molecular flexibility index (Phi) is 4.07. The number of hydrogen-bond acceptors (Lipinski definition) is 0. The highest BCUT2D eigenvalue weighted by molar-refractivity contribution is 7.47. The van der Waals surface area contributed by atoms with E-state index in [1.165, 1.54) is 0 Å². The van der Waals surface area contributed by atoms with E-state index in [9.17, 15) is 43.9 Å². The molecule has 0 atom stereocenters. The first-order valence-corrected chi connectivity index (χ1v) is 7.29. The number of rotatable bonds is 2. The van der Waals surface area contributed by atoms with Crippen LogP contribution < -0.4 is 0 Å². The van der Waals surface area contributed by atoms with Gasteiger partial charge in [-0.05, 0) is 0 Å². The molecule has 104 valence electrons. The Morgan fingerprint density at radius 2 is 0.941 bits per heavy atom. The van der Waals surface area contributed by atoms with Gasteiger partial charge in [-0.3, -0.25) is 0 Å². The molecule has 0 unspecified atom stereocenters. The van der Waals surface area contributed by atoms with Gasteiger partial charge in [-0.1, -0.05) is 0 Å². The Bertz CT molecular complexity index is 262. The molecule has 0 heterocycles. The highest BCUT2D eigenvalue weighted by atomic mass is 35.7. The molecule has 0 spiro atoms. The van der Waals surface area contributed by atoms with Crippen molar-refractivity contribution < 1.29 is 43.9 Å². The van der Waals surface area contributed by atoms with Crippen molar-refractivity contribution in [3.63, 3.8) is 0 Å². The zero-order chi connectivity index (χ0) is 14.5. The molecular formula is C4Cl2F10Si. The van der Waals surface area contributed by atoms with Crippen LogP contribution in [0.5, 0.6) is 0 Å². The average Bonchev–Trinajstić information content (AvgIpc) is 1.98.